The number of thiazole rings is 1. The molecule has 2 heterocycles. The van der Waals surface area contributed by atoms with Gasteiger partial charge in [0.25, 0.3) is 0 Å². The van der Waals surface area contributed by atoms with Crippen LogP contribution >= 0.6 is 11.3 Å². The molecule has 0 spiro atoms. The van der Waals surface area contributed by atoms with Gasteiger partial charge >= 0.3 is 5.56 Å². The minimum Gasteiger partial charge on any atom is -0.494 e. The Bertz CT molecular complexity index is 1230. The standard InChI is InChI=1S/C21H19N5O2S/c1-13-8-10-15(11-9-13)17-12-29-21(22-17)26-20(27)19(14(2)25-26)24-23-16-6-4-5-7-18(16)28-3/h4-12,25H,1-3H3. The van der Waals surface area contributed by atoms with Crippen molar-refractivity contribution in [2.45, 2.75) is 13.8 Å². The maximum Gasteiger partial charge on any atom is 0.301 e. The van der Waals surface area contributed by atoms with Crippen LogP contribution in [0.5, 0.6) is 5.75 Å². The second-order valence-corrected chi connectivity index (χ2v) is 7.32. The molecule has 4 aromatic rings. The molecule has 0 radical (unpaired) electrons. The number of H-pyrrole nitrogens is 1. The van der Waals surface area contributed by atoms with Gasteiger partial charge in [0, 0.05) is 10.9 Å². The van der Waals surface area contributed by atoms with Gasteiger partial charge in [-0.05, 0) is 26.0 Å². The van der Waals surface area contributed by atoms with Crippen LogP contribution in [0.4, 0.5) is 11.4 Å². The van der Waals surface area contributed by atoms with E-state index in [1.54, 1.807) is 26.2 Å². The van der Waals surface area contributed by atoms with E-state index >= 15 is 0 Å². The third-order valence-electron chi connectivity index (χ3n) is 4.41. The number of aryl methyl sites for hydroxylation is 2. The number of ether oxygens (including phenoxy) is 1. The number of nitrogens with zero attached hydrogens (tertiary/aromatic N) is 4. The van der Waals surface area contributed by atoms with Crippen LogP contribution in [-0.4, -0.2) is 21.9 Å². The van der Waals surface area contributed by atoms with Crippen molar-refractivity contribution in [2.24, 2.45) is 10.2 Å². The van der Waals surface area contributed by atoms with Gasteiger partial charge in [0.05, 0.1) is 18.5 Å². The summed E-state index contributed by atoms with van der Waals surface area (Å²) < 4.78 is 6.66. The van der Waals surface area contributed by atoms with Gasteiger partial charge in [-0.1, -0.05) is 42.0 Å². The summed E-state index contributed by atoms with van der Waals surface area (Å²) in [6.07, 6.45) is 0. The van der Waals surface area contributed by atoms with Crippen molar-refractivity contribution in [1.82, 2.24) is 14.8 Å². The van der Waals surface area contributed by atoms with Gasteiger partial charge in [0.15, 0.2) is 5.69 Å². The van der Waals surface area contributed by atoms with Crippen LogP contribution in [0.1, 0.15) is 11.3 Å². The minimum absolute atomic E-state index is 0.239. The summed E-state index contributed by atoms with van der Waals surface area (Å²) in [5.41, 5.74) is 4.12. The summed E-state index contributed by atoms with van der Waals surface area (Å²) in [6.45, 7) is 3.82. The average Bonchev–Trinajstić information content (AvgIpc) is 3.32. The number of nitrogens with one attached hydrogen (secondary N) is 1. The van der Waals surface area contributed by atoms with Crippen LogP contribution in [0.25, 0.3) is 16.4 Å². The molecule has 29 heavy (non-hydrogen) atoms. The van der Waals surface area contributed by atoms with Crippen molar-refractivity contribution in [3.63, 3.8) is 0 Å². The maximum absolute atomic E-state index is 12.9. The van der Waals surface area contributed by atoms with Crippen molar-refractivity contribution >= 4 is 22.7 Å². The molecule has 146 valence electrons. The molecule has 0 atom stereocenters. The second-order valence-electron chi connectivity index (χ2n) is 6.48. The molecule has 0 fully saturated rings. The van der Waals surface area contributed by atoms with Gasteiger partial charge in [-0.15, -0.1) is 21.6 Å². The van der Waals surface area contributed by atoms with Crippen molar-refractivity contribution in [2.75, 3.05) is 7.11 Å². The summed E-state index contributed by atoms with van der Waals surface area (Å²) in [7, 11) is 1.57. The van der Waals surface area contributed by atoms with Crippen molar-refractivity contribution in [3.8, 4) is 22.1 Å². The van der Waals surface area contributed by atoms with Crippen LogP contribution < -0.4 is 10.3 Å². The molecule has 7 nitrogen and oxygen atoms in total. The second kappa shape index (κ2) is 7.84. The maximum atomic E-state index is 12.9. The Balaban J connectivity index is 1.67. The Morgan fingerprint density at radius 2 is 1.83 bits per heavy atom. The monoisotopic (exact) mass is 405 g/mol. The first-order chi connectivity index (χ1) is 14.1. The van der Waals surface area contributed by atoms with E-state index in [-0.39, 0.29) is 11.2 Å². The smallest absolute Gasteiger partial charge is 0.301 e. The van der Waals surface area contributed by atoms with Gasteiger partial charge in [0.1, 0.15) is 11.4 Å². The largest absolute Gasteiger partial charge is 0.494 e. The zero-order chi connectivity index (χ0) is 20.4. The fourth-order valence-corrected chi connectivity index (χ4v) is 3.62. The molecular weight excluding hydrogens is 386 g/mol. The molecular formula is C21H19N5O2S. The van der Waals surface area contributed by atoms with Crippen molar-refractivity contribution < 1.29 is 4.74 Å². The Morgan fingerprint density at radius 3 is 2.59 bits per heavy atom. The van der Waals surface area contributed by atoms with Gasteiger partial charge in [0.2, 0.25) is 5.13 Å². The fourth-order valence-electron chi connectivity index (χ4n) is 2.83. The Labute approximate surface area is 171 Å². The van der Waals surface area contributed by atoms with Crippen LogP contribution in [-0.2, 0) is 0 Å². The zero-order valence-corrected chi connectivity index (χ0v) is 17.0. The van der Waals surface area contributed by atoms with Crippen LogP contribution in [0, 0.1) is 13.8 Å². The lowest BCUT2D eigenvalue weighted by Crippen LogP contribution is -2.13. The SMILES string of the molecule is COc1ccccc1N=Nc1c(C)[nH]n(-c2nc(-c3ccc(C)cc3)cs2)c1=O. The summed E-state index contributed by atoms with van der Waals surface area (Å²) >= 11 is 1.39. The summed E-state index contributed by atoms with van der Waals surface area (Å²) in [6, 6.07) is 15.4. The Morgan fingerprint density at radius 1 is 1.07 bits per heavy atom. The highest BCUT2D eigenvalue weighted by Gasteiger charge is 2.15. The normalized spacial score (nSPS) is 11.3. The molecule has 0 unspecified atom stereocenters. The summed E-state index contributed by atoms with van der Waals surface area (Å²) in [5.74, 6) is 0.590. The number of benzene rings is 2. The number of azo groups is 1. The molecule has 0 bridgehead atoms. The molecule has 2 aromatic heterocycles. The molecule has 8 heteroatoms. The quantitative estimate of drug-likeness (QED) is 0.455. The van der Waals surface area contributed by atoms with Crippen molar-refractivity contribution in [1.29, 1.82) is 0 Å². The third-order valence-corrected chi connectivity index (χ3v) is 5.24. The third kappa shape index (κ3) is 3.74. The van der Waals surface area contributed by atoms with E-state index in [9.17, 15) is 4.79 Å². The molecule has 0 aliphatic carbocycles. The van der Waals surface area contributed by atoms with E-state index < -0.39 is 0 Å². The summed E-state index contributed by atoms with van der Waals surface area (Å²) in [5, 5.41) is 13.9. The van der Waals surface area contributed by atoms with E-state index in [1.807, 2.05) is 48.7 Å². The summed E-state index contributed by atoms with van der Waals surface area (Å²) in [4.78, 5) is 17.5. The first kappa shape index (κ1) is 18.8. The zero-order valence-electron chi connectivity index (χ0n) is 16.2. The average molecular weight is 405 g/mol. The first-order valence-electron chi connectivity index (χ1n) is 8.96. The number of hydrogen-bond acceptors (Lipinski definition) is 6. The predicted octanol–water partition coefficient (Wildman–Crippen LogP) is 5.33. The highest BCUT2D eigenvalue weighted by molar-refractivity contribution is 7.12. The number of methoxy groups -OCH3 is 1. The predicted molar refractivity (Wildman–Crippen MR) is 114 cm³/mol. The molecule has 0 aliphatic rings. The first-order valence-corrected chi connectivity index (χ1v) is 9.84. The number of aromatic nitrogens is 3. The molecule has 2 aromatic carbocycles. The van der Waals surface area contributed by atoms with E-state index in [2.05, 4.69) is 20.3 Å². The van der Waals surface area contributed by atoms with E-state index in [0.717, 1.165) is 11.3 Å². The molecule has 0 saturated heterocycles. The molecule has 0 saturated carbocycles. The molecule has 0 amide bonds. The lowest BCUT2D eigenvalue weighted by molar-refractivity contribution is 0.416. The Kier molecular flexibility index (Phi) is 5.09. The molecule has 0 aliphatic heterocycles. The van der Waals surface area contributed by atoms with Crippen LogP contribution in [0.15, 0.2) is 68.9 Å². The van der Waals surface area contributed by atoms with Gasteiger partial charge < -0.3 is 4.74 Å². The number of rotatable bonds is 5. The van der Waals surface area contributed by atoms with E-state index in [4.69, 9.17) is 4.74 Å². The lowest BCUT2D eigenvalue weighted by Gasteiger charge is -2.01. The van der Waals surface area contributed by atoms with Gasteiger partial charge in [-0.2, -0.15) is 4.68 Å². The van der Waals surface area contributed by atoms with Gasteiger partial charge in [-0.25, -0.2) is 4.98 Å². The van der Waals surface area contributed by atoms with Crippen LogP contribution in [0.3, 0.4) is 0 Å². The highest BCUT2D eigenvalue weighted by atomic mass is 32.1. The fraction of sp³-hybridized carbons (Fsp3) is 0.143. The lowest BCUT2D eigenvalue weighted by atomic mass is 10.1. The minimum atomic E-state index is -0.300. The number of para-hydroxylation sites is 1. The van der Waals surface area contributed by atoms with Crippen LogP contribution in [0.2, 0.25) is 0 Å². The van der Waals surface area contributed by atoms with E-state index in [0.29, 0.717) is 22.3 Å². The van der Waals surface area contributed by atoms with E-state index in [1.165, 1.54) is 21.6 Å². The van der Waals surface area contributed by atoms with Crippen molar-refractivity contribution in [3.05, 3.63) is 75.5 Å². The molecule has 1 N–H and O–H groups in total. The van der Waals surface area contributed by atoms with Gasteiger partial charge in [-0.3, -0.25) is 9.89 Å². The highest BCUT2D eigenvalue weighted by Crippen LogP contribution is 2.29. The number of hydrogen-bond donors (Lipinski definition) is 1. The topological polar surface area (TPSA) is 84.6 Å². The number of aromatic amines is 1. The Hall–Kier alpha value is -3.52. The molecule has 4 rings (SSSR count).